The Morgan fingerprint density at radius 2 is 2.03 bits per heavy atom. The van der Waals surface area contributed by atoms with E-state index in [0.29, 0.717) is 23.9 Å². The van der Waals surface area contributed by atoms with Crippen LogP contribution in [0, 0.1) is 13.8 Å². The number of thiazole rings is 2. The van der Waals surface area contributed by atoms with Crippen molar-refractivity contribution in [3.8, 4) is 22.8 Å². The average molecular weight is 500 g/mol. The Balaban J connectivity index is 1.44. The monoisotopic (exact) mass is 499 g/mol. The smallest absolute Gasteiger partial charge is 0.263 e. The van der Waals surface area contributed by atoms with Gasteiger partial charge in [0.25, 0.3) is 10.0 Å². The Hall–Kier alpha value is -2.95. The summed E-state index contributed by atoms with van der Waals surface area (Å²) < 4.78 is 40.3. The Morgan fingerprint density at radius 3 is 2.79 bits per heavy atom. The molecular weight excluding hydrogens is 478 g/mol. The van der Waals surface area contributed by atoms with Crippen LogP contribution in [0.15, 0.2) is 58.3 Å². The van der Waals surface area contributed by atoms with Gasteiger partial charge in [-0.1, -0.05) is 17.7 Å². The van der Waals surface area contributed by atoms with Gasteiger partial charge < -0.3 is 9.47 Å². The van der Waals surface area contributed by atoms with Gasteiger partial charge in [-0.15, -0.1) is 22.7 Å². The van der Waals surface area contributed by atoms with Crippen LogP contribution in [0.3, 0.4) is 0 Å². The Bertz CT molecular complexity index is 1400. The van der Waals surface area contributed by atoms with Gasteiger partial charge in [-0.3, -0.25) is 4.72 Å². The van der Waals surface area contributed by atoms with Gasteiger partial charge in [0.1, 0.15) is 17.6 Å². The SMILES string of the molecule is Cc1ccc(O[C@@H]2CCOc3cc(S(=O)(=O)Nc4nccs4)ccc32)c(-c2csc(C)n2)c1. The van der Waals surface area contributed by atoms with Crippen LogP contribution in [-0.4, -0.2) is 25.0 Å². The second-order valence-electron chi connectivity index (χ2n) is 7.64. The van der Waals surface area contributed by atoms with Crippen LogP contribution < -0.4 is 14.2 Å². The molecule has 0 aliphatic carbocycles. The summed E-state index contributed by atoms with van der Waals surface area (Å²) in [5.74, 6) is 1.25. The van der Waals surface area contributed by atoms with E-state index >= 15 is 0 Å². The zero-order valence-electron chi connectivity index (χ0n) is 17.9. The normalized spacial score (nSPS) is 15.5. The fraction of sp³-hybridized carbons (Fsp3) is 0.217. The first-order valence-corrected chi connectivity index (χ1v) is 13.5. The van der Waals surface area contributed by atoms with Gasteiger partial charge in [0.05, 0.1) is 22.2 Å². The van der Waals surface area contributed by atoms with Crippen molar-refractivity contribution < 1.29 is 17.9 Å². The molecule has 0 fully saturated rings. The number of fused-ring (bicyclic) bond motifs is 1. The Labute approximate surface area is 200 Å². The minimum atomic E-state index is -3.77. The third kappa shape index (κ3) is 4.59. The van der Waals surface area contributed by atoms with Crippen LogP contribution in [0.2, 0.25) is 0 Å². The lowest BCUT2D eigenvalue weighted by Crippen LogP contribution is -2.20. The molecule has 0 saturated carbocycles. The molecule has 1 atom stereocenters. The minimum absolute atomic E-state index is 0.117. The molecular formula is C23H21N3O4S3. The van der Waals surface area contributed by atoms with Crippen LogP contribution in [0.1, 0.15) is 28.7 Å². The highest BCUT2D eigenvalue weighted by Gasteiger charge is 2.27. The second-order valence-corrected chi connectivity index (χ2v) is 11.3. The largest absolute Gasteiger partial charge is 0.493 e. The highest BCUT2D eigenvalue weighted by atomic mass is 32.2. The minimum Gasteiger partial charge on any atom is -0.493 e. The summed E-state index contributed by atoms with van der Waals surface area (Å²) in [6.07, 6.45) is 1.94. The maximum Gasteiger partial charge on any atom is 0.263 e. The number of sulfonamides is 1. The van der Waals surface area contributed by atoms with E-state index in [-0.39, 0.29) is 11.0 Å². The summed E-state index contributed by atoms with van der Waals surface area (Å²) in [5, 5.41) is 5.05. The molecule has 1 aliphatic heterocycles. The Morgan fingerprint density at radius 1 is 1.15 bits per heavy atom. The lowest BCUT2D eigenvalue weighted by Gasteiger charge is -2.28. The average Bonchev–Trinajstić information content (AvgIpc) is 3.46. The van der Waals surface area contributed by atoms with Crippen molar-refractivity contribution in [3.05, 3.63) is 69.5 Å². The third-order valence-electron chi connectivity index (χ3n) is 5.23. The van der Waals surface area contributed by atoms with Gasteiger partial charge in [-0.2, -0.15) is 0 Å². The van der Waals surface area contributed by atoms with Crippen molar-refractivity contribution in [2.24, 2.45) is 0 Å². The number of hydrogen-bond acceptors (Lipinski definition) is 8. The van der Waals surface area contributed by atoms with E-state index in [1.807, 2.05) is 31.4 Å². The van der Waals surface area contributed by atoms with Gasteiger partial charge in [0.2, 0.25) is 0 Å². The molecule has 1 aliphatic rings. The molecule has 1 N–H and O–H groups in total. The van der Waals surface area contributed by atoms with Crippen molar-refractivity contribution in [2.75, 3.05) is 11.3 Å². The van der Waals surface area contributed by atoms with Crippen LogP contribution in [0.25, 0.3) is 11.3 Å². The number of aromatic nitrogens is 2. The maximum absolute atomic E-state index is 12.8. The topological polar surface area (TPSA) is 90.4 Å². The van der Waals surface area contributed by atoms with Crippen molar-refractivity contribution in [2.45, 2.75) is 31.3 Å². The second kappa shape index (κ2) is 8.77. The molecule has 0 unspecified atom stereocenters. The summed E-state index contributed by atoms with van der Waals surface area (Å²) in [4.78, 5) is 8.73. The van der Waals surface area contributed by atoms with Crippen LogP contribution in [0.5, 0.6) is 11.5 Å². The van der Waals surface area contributed by atoms with Crippen LogP contribution in [-0.2, 0) is 10.0 Å². The van der Waals surface area contributed by atoms with E-state index in [9.17, 15) is 8.42 Å². The first kappa shape index (κ1) is 21.9. The standard InChI is InChI=1S/C23H21N3O4S3/c1-14-3-6-20(18(11-14)19-13-32-15(2)25-19)30-21-7-9-29-22-12-16(4-5-17(21)22)33(27,28)26-23-24-8-10-31-23/h3-6,8,10-13,21H,7,9H2,1-2H3,(H,24,26)/t21-/m1/s1. The first-order valence-electron chi connectivity index (χ1n) is 10.3. The molecule has 0 saturated heterocycles. The summed E-state index contributed by atoms with van der Waals surface area (Å²) in [6, 6.07) is 10.9. The lowest BCUT2D eigenvalue weighted by atomic mass is 10.0. The van der Waals surface area contributed by atoms with Crippen molar-refractivity contribution in [3.63, 3.8) is 0 Å². The predicted octanol–water partition coefficient (Wildman–Crippen LogP) is 5.59. The molecule has 4 aromatic rings. The predicted molar refractivity (Wildman–Crippen MR) is 130 cm³/mol. The summed E-state index contributed by atoms with van der Waals surface area (Å²) in [6.45, 7) is 4.45. The quantitative estimate of drug-likeness (QED) is 0.372. The zero-order valence-corrected chi connectivity index (χ0v) is 20.4. The fourth-order valence-electron chi connectivity index (χ4n) is 3.66. The van der Waals surface area contributed by atoms with Crippen molar-refractivity contribution >= 4 is 37.8 Å². The first-order chi connectivity index (χ1) is 15.9. The van der Waals surface area contributed by atoms with E-state index in [4.69, 9.17) is 9.47 Å². The molecule has 2 aromatic carbocycles. The van der Waals surface area contributed by atoms with Crippen LogP contribution >= 0.6 is 22.7 Å². The van der Waals surface area contributed by atoms with Gasteiger partial charge in [-0.05, 0) is 32.0 Å². The van der Waals surface area contributed by atoms with E-state index in [1.54, 1.807) is 41.1 Å². The van der Waals surface area contributed by atoms with E-state index in [1.165, 1.54) is 11.3 Å². The maximum atomic E-state index is 12.8. The molecule has 33 heavy (non-hydrogen) atoms. The van der Waals surface area contributed by atoms with E-state index in [2.05, 4.69) is 20.8 Å². The molecule has 3 heterocycles. The van der Waals surface area contributed by atoms with E-state index < -0.39 is 10.0 Å². The number of nitrogens with one attached hydrogen (secondary N) is 1. The number of ether oxygens (including phenoxy) is 2. The number of anilines is 1. The third-order valence-corrected chi connectivity index (χ3v) is 8.16. The number of hydrogen-bond donors (Lipinski definition) is 1. The van der Waals surface area contributed by atoms with Gasteiger partial charge in [0, 0.05) is 40.6 Å². The van der Waals surface area contributed by atoms with Crippen molar-refractivity contribution in [1.82, 2.24) is 9.97 Å². The zero-order chi connectivity index (χ0) is 23.0. The number of nitrogens with zero attached hydrogens (tertiary/aromatic N) is 2. The summed E-state index contributed by atoms with van der Waals surface area (Å²) in [5.41, 5.74) is 3.77. The van der Waals surface area contributed by atoms with Crippen LogP contribution in [0.4, 0.5) is 5.13 Å². The molecule has 170 valence electrons. The molecule has 0 spiro atoms. The van der Waals surface area contributed by atoms with Gasteiger partial charge in [0.15, 0.2) is 5.13 Å². The number of rotatable bonds is 6. The van der Waals surface area contributed by atoms with E-state index in [0.717, 1.165) is 33.1 Å². The fourth-order valence-corrected chi connectivity index (χ4v) is 6.08. The van der Waals surface area contributed by atoms with Gasteiger partial charge in [-0.25, -0.2) is 18.4 Å². The number of benzene rings is 2. The van der Waals surface area contributed by atoms with Gasteiger partial charge >= 0.3 is 0 Å². The number of aryl methyl sites for hydroxylation is 2. The highest BCUT2D eigenvalue weighted by molar-refractivity contribution is 7.93. The Kier molecular flexibility index (Phi) is 5.81. The highest BCUT2D eigenvalue weighted by Crippen LogP contribution is 2.40. The molecule has 10 heteroatoms. The summed E-state index contributed by atoms with van der Waals surface area (Å²) in [7, 11) is -3.77. The molecule has 7 nitrogen and oxygen atoms in total. The molecule has 0 bridgehead atoms. The molecule has 2 aromatic heterocycles. The summed E-state index contributed by atoms with van der Waals surface area (Å²) >= 11 is 2.82. The molecule has 0 radical (unpaired) electrons. The lowest BCUT2D eigenvalue weighted by molar-refractivity contribution is 0.136. The molecule has 5 rings (SSSR count). The molecule has 0 amide bonds. The van der Waals surface area contributed by atoms with Crippen molar-refractivity contribution in [1.29, 1.82) is 0 Å².